The van der Waals surface area contributed by atoms with Gasteiger partial charge in [-0.3, -0.25) is 9.79 Å². The molecule has 0 saturated carbocycles. The van der Waals surface area contributed by atoms with Crippen LogP contribution in [0.1, 0.15) is 23.1 Å². The Morgan fingerprint density at radius 2 is 2.19 bits per heavy atom. The molecule has 1 amide bonds. The number of fused-ring (bicyclic) bond motifs is 1. The number of rotatable bonds is 4. The van der Waals surface area contributed by atoms with Crippen LogP contribution >= 0.6 is 0 Å². The molecule has 0 fully saturated rings. The monoisotopic (exact) mass is 282 g/mol. The number of nitrogens with one attached hydrogen (secondary N) is 1. The number of H-pyrrole nitrogens is 1. The van der Waals surface area contributed by atoms with Crippen molar-refractivity contribution in [2.24, 2.45) is 4.99 Å². The van der Waals surface area contributed by atoms with Gasteiger partial charge < -0.3 is 9.88 Å². The van der Waals surface area contributed by atoms with E-state index in [0.29, 0.717) is 5.56 Å². The molecule has 1 heterocycles. The van der Waals surface area contributed by atoms with Crippen molar-refractivity contribution in [3.05, 3.63) is 47.9 Å². The molecule has 108 valence electrons. The van der Waals surface area contributed by atoms with Crippen LogP contribution in [0.2, 0.25) is 0 Å². The Morgan fingerprint density at radius 3 is 2.81 bits per heavy atom. The van der Waals surface area contributed by atoms with Gasteiger partial charge in [-0.05, 0) is 37.9 Å². The number of aromatic amines is 1. The maximum absolute atomic E-state index is 12.0. The largest absolute Gasteiger partial charge is 0.345 e. The molecule has 0 atom stereocenters. The zero-order valence-corrected chi connectivity index (χ0v) is 12.4. The van der Waals surface area contributed by atoms with Crippen LogP contribution in [-0.4, -0.2) is 41.6 Å². The number of imidazole rings is 1. The highest BCUT2D eigenvalue weighted by atomic mass is 16.2. The second-order valence-corrected chi connectivity index (χ2v) is 4.76. The number of carbonyl (C=O) groups is 1. The summed E-state index contributed by atoms with van der Waals surface area (Å²) < 4.78 is 0. The average molecular weight is 282 g/mol. The lowest BCUT2D eigenvalue weighted by Crippen LogP contribution is -2.21. The first-order chi connectivity index (χ1) is 10.1. The van der Waals surface area contributed by atoms with Crippen LogP contribution in [0.4, 0.5) is 0 Å². The van der Waals surface area contributed by atoms with E-state index in [2.05, 4.69) is 21.7 Å². The van der Waals surface area contributed by atoms with E-state index in [9.17, 15) is 4.79 Å². The second-order valence-electron chi connectivity index (χ2n) is 4.76. The molecule has 0 bridgehead atoms. The third kappa shape index (κ3) is 3.08. The van der Waals surface area contributed by atoms with E-state index in [0.717, 1.165) is 22.4 Å². The van der Waals surface area contributed by atoms with Gasteiger partial charge in [0.25, 0.3) is 5.91 Å². The van der Waals surface area contributed by atoms with Gasteiger partial charge in [0, 0.05) is 31.4 Å². The lowest BCUT2D eigenvalue weighted by Gasteiger charge is -2.09. The fraction of sp³-hybridized carbons (Fsp3) is 0.188. The van der Waals surface area contributed by atoms with Gasteiger partial charge in [-0.1, -0.05) is 6.08 Å². The summed E-state index contributed by atoms with van der Waals surface area (Å²) in [5, 5.41) is 0. The first-order valence-electron chi connectivity index (χ1n) is 6.57. The molecule has 0 unspecified atom stereocenters. The van der Waals surface area contributed by atoms with Crippen LogP contribution in [0.15, 0.2) is 41.5 Å². The van der Waals surface area contributed by atoms with Crippen LogP contribution < -0.4 is 0 Å². The van der Waals surface area contributed by atoms with E-state index in [1.807, 2.05) is 31.2 Å². The van der Waals surface area contributed by atoms with E-state index in [-0.39, 0.29) is 5.91 Å². The number of amides is 1. The quantitative estimate of drug-likeness (QED) is 0.692. The molecular formula is C16H18N4O. The van der Waals surface area contributed by atoms with Crippen LogP contribution in [0, 0.1) is 0 Å². The van der Waals surface area contributed by atoms with Crippen molar-refractivity contribution in [1.29, 1.82) is 0 Å². The molecule has 0 aliphatic rings. The maximum atomic E-state index is 12.0. The highest BCUT2D eigenvalue weighted by molar-refractivity contribution is 5.97. The van der Waals surface area contributed by atoms with E-state index >= 15 is 0 Å². The molecule has 2 rings (SSSR count). The van der Waals surface area contributed by atoms with Crippen molar-refractivity contribution < 1.29 is 4.79 Å². The molecule has 21 heavy (non-hydrogen) atoms. The van der Waals surface area contributed by atoms with Gasteiger partial charge in [0.15, 0.2) is 0 Å². The molecule has 0 radical (unpaired) electrons. The first-order valence-corrected chi connectivity index (χ1v) is 6.57. The van der Waals surface area contributed by atoms with Gasteiger partial charge in [-0.2, -0.15) is 0 Å². The number of carbonyl (C=O) groups excluding carboxylic acids is 1. The van der Waals surface area contributed by atoms with Gasteiger partial charge in [0.1, 0.15) is 5.82 Å². The van der Waals surface area contributed by atoms with Crippen LogP contribution in [-0.2, 0) is 0 Å². The number of benzene rings is 1. The van der Waals surface area contributed by atoms with Crippen molar-refractivity contribution in [1.82, 2.24) is 14.9 Å². The summed E-state index contributed by atoms with van der Waals surface area (Å²) in [4.78, 5) is 25.0. The summed E-state index contributed by atoms with van der Waals surface area (Å²) in [6, 6.07) is 5.44. The summed E-state index contributed by atoms with van der Waals surface area (Å²) in [6.45, 7) is 5.34. The van der Waals surface area contributed by atoms with E-state index in [1.165, 1.54) is 0 Å². The third-order valence-corrected chi connectivity index (χ3v) is 3.08. The van der Waals surface area contributed by atoms with Crippen molar-refractivity contribution in [2.75, 3.05) is 14.1 Å². The summed E-state index contributed by atoms with van der Waals surface area (Å²) in [5.74, 6) is 0.705. The summed E-state index contributed by atoms with van der Waals surface area (Å²) in [5.41, 5.74) is 3.20. The summed E-state index contributed by atoms with van der Waals surface area (Å²) >= 11 is 0. The highest BCUT2D eigenvalue weighted by Crippen LogP contribution is 2.19. The van der Waals surface area contributed by atoms with Gasteiger partial charge >= 0.3 is 0 Å². The molecule has 5 nitrogen and oxygen atoms in total. The summed E-state index contributed by atoms with van der Waals surface area (Å²) in [7, 11) is 3.46. The molecule has 1 aromatic heterocycles. The number of hydrogen-bond acceptors (Lipinski definition) is 3. The molecule has 1 N–H and O–H groups in total. The van der Waals surface area contributed by atoms with E-state index in [1.54, 1.807) is 31.3 Å². The molecule has 5 heteroatoms. The van der Waals surface area contributed by atoms with E-state index < -0.39 is 0 Å². The number of nitrogens with zero attached hydrogens (tertiary/aromatic N) is 3. The normalized spacial score (nSPS) is 12.0. The molecule has 2 aromatic rings. The molecular weight excluding hydrogens is 264 g/mol. The van der Waals surface area contributed by atoms with Crippen molar-refractivity contribution in [3.63, 3.8) is 0 Å². The van der Waals surface area contributed by atoms with E-state index in [4.69, 9.17) is 0 Å². The average Bonchev–Trinajstić information content (AvgIpc) is 2.89. The Labute approximate surface area is 123 Å². The zero-order valence-electron chi connectivity index (χ0n) is 12.4. The van der Waals surface area contributed by atoms with Crippen molar-refractivity contribution in [3.8, 4) is 0 Å². The number of aromatic nitrogens is 2. The van der Waals surface area contributed by atoms with Crippen molar-refractivity contribution in [2.45, 2.75) is 6.92 Å². The van der Waals surface area contributed by atoms with Gasteiger partial charge in [-0.25, -0.2) is 4.98 Å². The van der Waals surface area contributed by atoms with Gasteiger partial charge in [-0.15, -0.1) is 0 Å². The van der Waals surface area contributed by atoms with Crippen LogP contribution in [0.5, 0.6) is 0 Å². The number of aliphatic imine (C=N–C) groups is 1. The molecule has 0 aliphatic heterocycles. The minimum atomic E-state index is -0.0324. The Bertz CT molecular complexity index is 738. The SMILES string of the molecule is C=N/C=C\C(=C/C)c1nc2ccc(C(=O)N(C)C)cc2[nH]1. The van der Waals surface area contributed by atoms with Crippen LogP contribution in [0.3, 0.4) is 0 Å². The Morgan fingerprint density at radius 1 is 1.43 bits per heavy atom. The Hall–Kier alpha value is -2.69. The summed E-state index contributed by atoms with van der Waals surface area (Å²) in [6.07, 6.45) is 5.38. The fourth-order valence-corrected chi connectivity index (χ4v) is 1.98. The number of allylic oxidation sites excluding steroid dienone is 3. The molecule has 0 saturated heterocycles. The minimum Gasteiger partial charge on any atom is -0.345 e. The standard InChI is InChI=1S/C16H18N4O/c1-5-11(8-9-17-2)15-18-13-7-6-12(10-14(13)19-15)16(21)20(3)4/h5-10H,2H2,1,3-4H3,(H,18,19)/b9-8-,11-5+. The molecule has 1 aromatic carbocycles. The predicted octanol–water partition coefficient (Wildman–Crippen LogP) is 2.88. The lowest BCUT2D eigenvalue weighted by atomic mass is 10.2. The molecule has 0 spiro atoms. The lowest BCUT2D eigenvalue weighted by molar-refractivity contribution is 0.0828. The third-order valence-electron chi connectivity index (χ3n) is 3.08. The maximum Gasteiger partial charge on any atom is 0.253 e. The Balaban J connectivity index is 2.45. The minimum absolute atomic E-state index is 0.0324. The van der Waals surface area contributed by atoms with Gasteiger partial charge in [0.05, 0.1) is 11.0 Å². The Kier molecular flexibility index (Phi) is 4.33. The second kappa shape index (κ2) is 6.17. The predicted molar refractivity (Wildman–Crippen MR) is 86.5 cm³/mol. The number of hydrogen-bond donors (Lipinski definition) is 1. The smallest absolute Gasteiger partial charge is 0.253 e. The zero-order chi connectivity index (χ0) is 15.4. The van der Waals surface area contributed by atoms with Crippen LogP contribution in [0.25, 0.3) is 16.6 Å². The molecule has 0 aliphatic carbocycles. The van der Waals surface area contributed by atoms with Gasteiger partial charge in [0.2, 0.25) is 0 Å². The topological polar surface area (TPSA) is 61.4 Å². The fourth-order valence-electron chi connectivity index (χ4n) is 1.98. The first kappa shape index (κ1) is 14.7. The van der Waals surface area contributed by atoms with Crippen molar-refractivity contribution >= 4 is 29.2 Å². The highest BCUT2D eigenvalue weighted by Gasteiger charge is 2.11.